The molecule has 1 saturated carbocycles. The molecule has 0 saturated heterocycles. The first kappa shape index (κ1) is 22.2. The normalized spacial score (nSPS) is 22.8. The molecule has 0 bridgehead atoms. The van der Waals surface area contributed by atoms with E-state index < -0.39 is 29.6 Å². The van der Waals surface area contributed by atoms with E-state index >= 15 is 0 Å². The van der Waals surface area contributed by atoms with Gasteiger partial charge in [0.25, 0.3) is 0 Å². The van der Waals surface area contributed by atoms with Gasteiger partial charge in [-0.1, -0.05) is 12.1 Å². The summed E-state index contributed by atoms with van der Waals surface area (Å²) in [5, 5.41) is 0. The number of ether oxygens (including phenoxy) is 2. The van der Waals surface area contributed by atoms with E-state index in [1.165, 1.54) is 12.1 Å². The fraction of sp³-hybridized carbons (Fsp3) is 0.600. The Morgan fingerprint density at radius 3 is 2.07 bits per heavy atom. The van der Waals surface area contributed by atoms with Crippen molar-refractivity contribution in [1.82, 2.24) is 0 Å². The van der Waals surface area contributed by atoms with Gasteiger partial charge in [0.15, 0.2) is 5.92 Å². The van der Waals surface area contributed by atoms with Crippen molar-refractivity contribution in [2.45, 2.75) is 51.2 Å². The molecule has 1 aromatic carbocycles. The molecule has 0 unspecified atom stereocenters. The van der Waals surface area contributed by atoms with Crippen molar-refractivity contribution in [3.05, 3.63) is 35.4 Å². The zero-order valence-corrected chi connectivity index (χ0v) is 16.0. The summed E-state index contributed by atoms with van der Waals surface area (Å²) < 4.78 is 48.5. The number of nitrogens with two attached hydrogens (primary N) is 1. The number of benzene rings is 1. The Bertz CT molecular complexity index is 657. The lowest BCUT2D eigenvalue weighted by atomic mass is 9.70. The van der Waals surface area contributed by atoms with Crippen LogP contribution in [-0.4, -0.2) is 31.2 Å². The molecule has 0 aromatic heterocycles. The SMILES string of the molecule is CCOC(=O)C(C(=O)OCC)[C@@H]1CC[C@@H](N)[C@H](c2ccc(C(F)(F)F)cc2)C1. The third-order valence-corrected chi connectivity index (χ3v) is 5.16. The quantitative estimate of drug-likeness (QED) is 0.581. The summed E-state index contributed by atoms with van der Waals surface area (Å²) in [6, 6.07) is 4.62. The second-order valence-electron chi connectivity index (χ2n) is 6.95. The molecular formula is C20H26F3NO4. The first-order chi connectivity index (χ1) is 13.2. The summed E-state index contributed by atoms with van der Waals surface area (Å²) in [6.45, 7) is 3.59. The maximum absolute atomic E-state index is 12.8. The molecule has 1 aliphatic rings. The van der Waals surface area contributed by atoms with Crippen LogP contribution in [0.4, 0.5) is 13.2 Å². The number of carbonyl (C=O) groups excluding carboxylic acids is 2. The van der Waals surface area contributed by atoms with Gasteiger partial charge in [-0.05, 0) is 62.6 Å². The standard InChI is InChI=1S/C20H26F3NO4/c1-3-27-18(25)17(19(26)28-4-2)13-7-10-16(24)15(11-13)12-5-8-14(9-6-12)20(21,22)23/h5-6,8-9,13,15-17H,3-4,7,10-11,24H2,1-2H3/t13-,15+,16-/m1/s1. The Hall–Kier alpha value is -2.09. The number of rotatable bonds is 6. The van der Waals surface area contributed by atoms with Gasteiger partial charge in [-0.25, -0.2) is 0 Å². The molecule has 0 aliphatic heterocycles. The van der Waals surface area contributed by atoms with E-state index in [2.05, 4.69) is 0 Å². The monoisotopic (exact) mass is 401 g/mol. The molecule has 0 radical (unpaired) electrons. The van der Waals surface area contributed by atoms with Crippen molar-refractivity contribution in [2.75, 3.05) is 13.2 Å². The first-order valence-electron chi connectivity index (χ1n) is 9.45. The van der Waals surface area contributed by atoms with Crippen LogP contribution in [0.25, 0.3) is 0 Å². The zero-order valence-electron chi connectivity index (χ0n) is 16.0. The Labute approximate surface area is 162 Å². The average molecular weight is 401 g/mol. The predicted molar refractivity (Wildman–Crippen MR) is 96.3 cm³/mol. The van der Waals surface area contributed by atoms with Crippen molar-refractivity contribution in [2.24, 2.45) is 17.6 Å². The van der Waals surface area contributed by atoms with Gasteiger partial charge in [0.1, 0.15) is 0 Å². The van der Waals surface area contributed by atoms with Crippen LogP contribution in [-0.2, 0) is 25.2 Å². The van der Waals surface area contributed by atoms with Crippen LogP contribution in [0.15, 0.2) is 24.3 Å². The summed E-state index contributed by atoms with van der Waals surface area (Å²) >= 11 is 0. The fourth-order valence-electron chi connectivity index (χ4n) is 3.78. The second-order valence-corrected chi connectivity index (χ2v) is 6.95. The van der Waals surface area contributed by atoms with Gasteiger partial charge in [0.2, 0.25) is 0 Å². The van der Waals surface area contributed by atoms with E-state index in [0.717, 1.165) is 12.1 Å². The third kappa shape index (κ3) is 5.25. The molecule has 0 amide bonds. The lowest BCUT2D eigenvalue weighted by Gasteiger charge is -2.36. The molecule has 0 spiro atoms. The number of carbonyl (C=O) groups is 2. The minimum absolute atomic E-state index is 0.142. The lowest BCUT2D eigenvalue weighted by molar-refractivity contribution is -0.165. The Balaban J connectivity index is 2.23. The summed E-state index contributed by atoms with van der Waals surface area (Å²) in [6.07, 6.45) is -2.92. The van der Waals surface area contributed by atoms with Crippen molar-refractivity contribution >= 4 is 11.9 Å². The topological polar surface area (TPSA) is 78.6 Å². The Morgan fingerprint density at radius 1 is 1.07 bits per heavy atom. The molecule has 5 nitrogen and oxygen atoms in total. The molecule has 0 heterocycles. The van der Waals surface area contributed by atoms with E-state index in [1.807, 2.05) is 0 Å². The van der Waals surface area contributed by atoms with E-state index in [0.29, 0.717) is 24.8 Å². The van der Waals surface area contributed by atoms with Gasteiger partial charge < -0.3 is 15.2 Å². The molecule has 156 valence electrons. The highest BCUT2D eigenvalue weighted by Gasteiger charge is 2.42. The van der Waals surface area contributed by atoms with Crippen molar-refractivity contribution in [1.29, 1.82) is 0 Å². The molecule has 2 rings (SSSR count). The van der Waals surface area contributed by atoms with Crippen LogP contribution in [0.5, 0.6) is 0 Å². The van der Waals surface area contributed by atoms with Crippen LogP contribution in [0.1, 0.15) is 50.2 Å². The van der Waals surface area contributed by atoms with Crippen molar-refractivity contribution < 1.29 is 32.2 Å². The van der Waals surface area contributed by atoms with Gasteiger partial charge in [-0.2, -0.15) is 13.2 Å². The summed E-state index contributed by atoms with van der Waals surface area (Å²) in [5.74, 6) is -2.91. The molecular weight excluding hydrogens is 375 g/mol. The highest BCUT2D eigenvalue weighted by molar-refractivity contribution is 5.95. The molecule has 1 fully saturated rings. The predicted octanol–water partition coefficient (Wildman–Crippen LogP) is 3.66. The van der Waals surface area contributed by atoms with Gasteiger partial charge >= 0.3 is 18.1 Å². The number of hydrogen-bond acceptors (Lipinski definition) is 5. The molecule has 1 aliphatic carbocycles. The van der Waals surface area contributed by atoms with E-state index in [4.69, 9.17) is 15.2 Å². The van der Waals surface area contributed by atoms with Crippen LogP contribution in [0.3, 0.4) is 0 Å². The van der Waals surface area contributed by atoms with E-state index in [9.17, 15) is 22.8 Å². The maximum Gasteiger partial charge on any atom is 0.416 e. The zero-order chi connectivity index (χ0) is 20.9. The molecule has 3 atom stereocenters. The van der Waals surface area contributed by atoms with Crippen molar-refractivity contribution in [3.8, 4) is 0 Å². The Morgan fingerprint density at radius 2 is 1.61 bits per heavy atom. The van der Waals surface area contributed by atoms with Crippen LogP contribution < -0.4 is 5.73 Å². The molecule has 28 heavy (non-hydrogen) atoms. The largest absolute Gasteiger partial charge is 0.465 e. The molecule has 8 heteroatoms. The summed E-state index contributed by atoms with van der Waals surface area (Å²) in [4.78, 5) is 24.7. The first-order valence-corrected chi connectivity index (χ1v) is 9.45. The van der Waals surface area contributed by atoms with Gasteiger partial charge in [0.05, 0.1) is 18.8 Å². The van der Waals surface area contributed by atoms with Gasteiger partial charge in [-0.15, -0.1) is 0 Å². The minimum atomic E-state index is -4.41. The number of hydrogen-bond donors (Lipinski definition) is 1. The number of alkyl halides is 3. The Kier molecular flexibility index (Phi) is 7.46. The second kappa shape index (κ2) is 9.41. The summed E-state index contributed by atoms with van der Waals surface area (Å²) in [7, 11) is 0. The average Bonchev–Trinajstić information content (AvgIpc) is 2.63. The minimum Gasteiger partial charge on any atom is -0.465 e. The summed E-state index contributed by atoms with van der Waals surface area (Å²) in [5.41, 5.74) is 6.15. The highest BCUT2D eigenvalue weighted by atomic mass is 19.4. The smallest absolute Gasteiger partial charge is 0.416 e. The van der Waals surface area contributed by atoms with Gasteiger partial charge in [0, 0.05) is 6.04 Å². The lowest BCUT2D eigenvalue weighted by Crippen LogP contribution is -2.42. The molecule has 2 N–H and O–H groups in total. The van der Waals surface area contributed by atoms with Gasteiger partial charge in [-0.3, -0.25) is 9.59 Å². The molecule has 1 aromatic rings. The highest BCUT2D eigenvalue weighted by Crippen LogP contribution is 2.40. The van der Waals surface area contributed by atoms with Crippen LogP contribution in [0.2, 0.25) is 0 Å². The van der Waals surface area contributed by atoms with E-state index in [1.54, 1.807) is 13.8 Å². The van der Waals surface area contributed by atoms with E-state index in [-0.39, 0.29) is 31.1 Å². The number of halogens is 3. The van der Waals surface area contributed by atoms with Crippen molar-refractivity contribution in [3.63, 3.8) is 0 Å². The number of esters is 2. The van der Waals surface area contributed by atoms with Crippen LogP contribution in [0, 0.1) is 11.8 Å². The fourth-order valence-corrected chi connectivity index (χ4v) is 3.78. The third-order valence-electron chi connectivity index (χ3n) is 5.16. The van der Waals surface area contributed by atoms with Crippen LogP contribution >= 0.6 is 0 Å². The maximum atomic E-state index is 12.8.